The molecular weight excluding hydrogens is 322 g/mol. The van der Waals surface area contributed by atoms with E-state index in [-0.39, 0.29) is 0 Å². The minimum atomic E-state index is 0.612. The van der Waals surface area contributed by atoms with Gasteiger partial charge < -0.3 is 9.47 Å². The lowest BCUT2D eigenvalue weighted by Crippen LogP contribution is -2.00. The molecule has 0 aliphatic carbocycles. The van der Waals surface area contributed by atoms with Gasteiger partial charge in [0, 0.05) is 11.3 Å². The molecule has 0 saturated heterocycles. The van der Waals surface area contributed by atoms with E-state index in [2.05, 4.69) is 28.2 Å². The van der Waals surface area contributed by atoms with Crippen LogP contribution in [0.15, 0.2) is 53.7 Å². The number of rotatable bonds is 7. The number of ether oxygens (including phenoxy) is 2. The summed E-state index contributed by atoms with van der Waals surface area (Å²) in [6.45, 7) is 2.66. The van der Waals surface area contributed by atoms with Gasteiger partial charge >= 0.3 is 0 Å². The molecule has 0 radical (unpaired) electrons. The van der Waals surface area contributed by atoms with E-state index < -0.39 is 0 Å². The molecule has 6 heteroatoms. The highest BCUT2D eigenvalue weighted by atomic mass is 32.2. The van der Waals surface area contributed by atoms with Crippen molar-refractivity contribution < 1.29 is 9.47 Å². The number of nitrogens with one attached hydrogen (secondary N) is 1. The van der Waals surface area contributed by atoms with Crippen LogP contribution in [0, 0.1) is 6.92 Å². The Balaban J connectivity index is 1.50. The highest BCUT2D eigenvalue weighted by molar-refractivity contribution is 7.99. The topological polar surface area (TPSA) is 60.0 Å². The van der Waals surface area contributed by atoms with Crippen LogP contribution >= 0.6 is 11.8 Å². The number of aromatic nitrogens is 3. The zero-order valence-electron chi connectivity index (χ0n) is 13.7. The van der Waals surface area contributed by atoms with E-state index in [1.807, 2.05) is 42.5 Å². The summed E-state index contributed by atoms with van der Waals surface area (Å²) in [6.07, 6.45) is 0. The molecule has 5 nitrogen and oxygen atoms in total. The second kappa shape index (κ2) is 7.88. The average Bonchev–Trinajstić information content (AvgIpc) is 3.08. The van der Waals surface area contributed by atoms with Crippen molar-refractivity contribution in [1.82, 2.24) is 15.2 Å². The lowest BCUT2D eigenvalue weighted by molar-refractivity contribution is 0.343. The van der Waals surface area contributed by atoms with Gasteiger partial charge in [0.2, 0.25) is 5.16 Å². The van der Waals surface area contributed by atoms with E-state index >= 15 is 0 Å². The third-order valence-electron chi connectivity index (χ3n) is 3.40. The first-order valence-corrected chi connectivity index (χ1v) is 8.62. The number of benzene rings is 2. The van der Waals surface area contributed by atoms with Gasteiger partial charge in [-0.15, -0.1) is 5.10 Å². The van der Waals surface area contributed by atoms with Crippen molar-refractivity contribution in [2.24, 2.45) is 0 Å². The first kappa shape index (κ1) is 16.4. The molecule has 24 heavy (non-hydrogen) atoms. The Labute approximate surface area is 145 Å². The predicted molar refractivity (Wildman–Crippen MR) is 95.8 cm³/mol. The third-order valence-corrected chi connectivity index (χ3v) is 4.21. The van der Waals surface area contributed by atoms with Gasteiger partial charge in [-0.25, -0.2) is 4.98 Å². The number of hydrogen-bond acceptors (Lipinski definition) is 5. The Hall–Kier alpha value is -2.47. The standard InChI is InChI=1S/C18H19N3O2S/c1-13-4-3-5-16(12-13)23-10-11-24-18-19-17(20-21-18)14-6-8-15(22-2)9-7-14/h3-9,12H,10-11H2,1-2H3,(H,19,20,21). The van der Waals surface area contributed by atoms with Crippen LogP contribution in [0.5, 0.6) is 11.5 Å². The quantitative estimate of drug-likeness (QED) is 0.521. The van der Waals surface area contributed by atoms with E-state index in [4.69, 9.17) is 9.47 Å². The Kier molecular flexibility index (Phi) is 5.38. The first-order chi connectivity index (χ1) is 11.7. The fourth-order valence-electron chi connectivity index (χ4n) is 2.19. The molecule has 1 N–H and O–H groups in total. The lowest BCUT2D eigenvalue weighted by atomic mass is 10.2. The molecule has 3 rings (SSSR count). The maximum Gasteiger partial charge on any atom is 0.208 e. The molecule has 0 aliphatic heterocycles. The van der Waals surface area contributed by atoms with E-state index in [1.54, 1.807) is 18.9 Å². The van der Waals surface area contributed by atoms with Gasteiger partial charge in [0.05, 0.1) is 13.7 Å². The predicted octanol–water partition coefficient (Wildman–Crippen LogP) is 3.96. The molecule has 124 valence electrons. The summed E-state index contributed by atoms with van der Waals surface area (Å²) in [5.41, 5.74) is 2.17. The molecule has 0 saturated carbocycles. The van der Waals surface area contributed by atoms with Crippen molar-refractivity contribution in [3.63, 3.8) is 0 Å². The minimum Gasteiger partial charge on any atom is -0.497 e. The Morgan fingerprint density at radius 2 is 1.92 bits per heavy atom. The minimum absolute atomic E-state index is 0.612. The fraction of sp³-hybridized carbons (Fsp3) is 0.222. The highest BCUT2D eigenvalue weighted by Crippen LogP contribution is 2.22. The van der Waals surface area contributed by atoms with Gasteiger partial charge in [0.1, 0.15) is 11.5 Å². The number of hydrogen-bond donors (Lipinski definition) is 1. The summed E-state index contributed by atoms with van der Waals surface area (Å²) in [6, 6.07) is 15.7. The number of thioether (sulfide) groups is 1. The van der Waals surface area contributed by atoms with Gasteiger partial charge in [-0.2, -0.15) is 0 Å². The smallest absolute Gasteiger partial charge is 0.208 e. The molecule has 0 fully saturated rings. The summed E-state index contributed by atoms with van der Waals surface area (Å²) >= 11 is 1.56. The van der Waals surface area contributed by atoms with Gasteiger partial charge in [-0.05, 0) is 48.9 Å². The van der Waals surface area contributed by atoms with Crippen molar-refractivity contribution in [2.45, 2.75) is 12.1 Å². The number of methoxy groups -OCH3 is 1. The average molecular weight is 341 g/mol. The molecule has 0 unspecified atom stereocenters. The van der Waals surface area contributed by atoms with Crippen molar-refractivity contribution in [3.8, 4) is 22.9 Å². The number of aryl methyl sites for hydroxylation is 1. The Bertz CT molecular complexity index is 787. The van der Waals surface area contributed by atoms with Crippen LogP contribution in [0.1, 0.15) is 5.56 Å². The molecule has 0 atom stereocenters. The molecular formula is C18H19N3O2S. The lowest BCUT2D eigenvalue weighted by Gasteiger charge is -2.05. The summed E-state index contributed by atoms with van der Waals surface area (Å²) in [5, 5.41) is 7.91. The number of aromatic amines is 1. The largest absolute Gasteiger partial charge is 0.497 e. The van der Waals surface area contributed by atoms with E-state index in [9.17, 15) is 0 Å². The maximum absolute atomic E-state index is 5.73. The number of H-pyrrole nitrogens is 1. The molecule has 1 heterocycles. The number of nitrogens with zero attached hydrogens (tertiary/aromatic N) is 2. The Morgan fingerprint density at radius 3 is 2.67 bits per heavy atom. The summed E-state index contributed by atoms with van der Waals surface area (Å²) in [5.74, 6) is 3.25. The van der Waals surface area contributed by atoms with Gasteiger partial charge in [-0.3, -0.25) is 5.10 Å². The molecule has 3 aromatic rings. The molecule has 1 aromatic heterocycles. The van der Waals surface area contributed by atoms with Crippen LogP contribution in [0.2, 0.25) is 0 Å². The van der Waals surface area contributed by atoms with E-state index in [0.717, 1.165) is 28.6 Å². The van der Waals surface area contributed by atoms with Crippen LogP contribution in [0.25, 0.3) is 11.4 Å². The highest BCUT2D eigenvalue weighted by Gasteiger charge is 2.06. The first-order valence-electron chi connectivity index (χ1n) is 7.64. The second-order valence-corrected chi connectivity index (χ2v) is 6.27. The zero-order chi connectivity index (χ0) is 16.8. The molecule has 0 bridgehead atoms. The third kappa shape index (κ3) is 4.29. The monoisotopic (exact) mass is 341 g/mol. The van der Waals surface area contributed by atoms with Crippen molar-refractivity contribution >= 4 is 11.8 Å². The normalized spacial score (nSPS) is 10.6. The van der Waals surface area contributed by atoms with Crippen LogP contribution in [0.4, 0.5) is 0 Å². The van der Waals surface area contributed by atoms with E-state index in [1.165, 1.54) is 5.56 Å². The second-order valence-electron chi connectivity index (χ2n) is 5.21. The van der Waals surface area contributed by atoms with Crippen LogP contribution in [-0.4, -0.2) is 34.7 Å². The van der Waals surface area contributed by atoms with Crippen LogP contribution < -0.4 is 9.47 Å². The van der Waals surface area contributed by atoms with Crippen molar-refractivity contribution in [2.75, 3.05) is 19.5 Å². The Morgan fingerprint density at radius 1 is 1.08 bits per heavy atom. The molecule has 0 aliphatic rings. The summed E-state index contributed by atoms with van der Waals surface area (Å²) in [7, 11) is 1.65. The molecule has 2 aromatic carbocycles. The SMILES string of the molecule is COc1ccc(-c2nc(SCCOc3cccc(C)c3)n[nH]2)cc1. The maximum atomic E-state index is 5.73. The van der Waals surface area contributed by atoms with Gasteiger partial charge in [-0.1, -0.05) is 23.9 Å². The van der Waals surface area contributed by atoms with Crippen LogP contribution in [-0.2, 0) is 0 Å². The van der Waals surface area contributed by atoms with Gasteiger partial charge in [0.15, 0.2) is 5.82 Å². The van der Waals surface area contributed by atoms with E-state index in [0.29, 0.717) is 11.8 Å². The summed E-state index contributed by atoms with van der Waals surface area (Å²) in [4.78, 5) is 4.49. The van der Waals surface area contributed by atoms with Gasteiger partial charge in [0.25, 0.3) is 0 Å². The fourth-order valence-corrected chi connectivity index (χ4v) is 2.80. The molecule has 0 spiro atoms. The van der Waals surface area contributed by atoms with Crippen LogP contribution in [0.3, 0.4) is 0 Å². The molecule has 0 amide bonds. The summed E-state index contributed by atoms with van der Waals surface area (Å²) < 4.78 is 10.9. The zero-order valence-corrected chi connectivity index (χ0v) is 14.5. The van der Waals surface area contributed by atoms with Crippen molar-refractivity contribution in [1.29, 1.82) is 0 Å². The van der Waals surface area contributed by atoms with Crippen molar-refractivity contribution in [3.05, 3.63) is 54.1 Å².